The fourth-order valence-electron chi connectivity index (χ4n) is 3.34. The first-order chi connectivity index (χ1) is 7.90. The van der Waals surface area contributed by atoms with Crippen LogP contribution in [0.25, 0.3) is 0 Å². The van der Waals surface area contributed by atoms with E-state index >= 15 is 0 Å². The molecule has 0 aromatic heterocycles. The number of hydrogen-bond donors (Lipinski definition) is 1. The summed E-state index contributed by atoms with van der Waals surface area (Å²) in [5.74, 6) is 0. The molecule has 2 aliphatic rings. The number of rotatable bonds is 6. The van der Waals surface area contributed by atoms with Crippen molar-refractivity contribution in [3.63, 3.8) is 0 Å². The van der Waals surface area contributed by atoms with E-state index in [-0.39, 0.29) is 0 Å². The summed E-state index contributed by atoms with van der Waals surface area (Å²) in [6.45, 7) is 6.28. The molecule has 2 fully saturated rings. The Bertz CT molecular complexity index is 181. The lowest BCUT2D eigenvalue weighted by Gasteiger charge is -2.27. The van der Waals surface area contributed by atoms with Gasteiger partial charge in [0.2, 0.25) is 0 Å². The average molecular weight is 224 g/mol. The molecule has 0 bridgehead atoms. The minimum atomic E-state index is 0.844. The van der Waals surface area contributed by atoms with E-state index < -0.39 is 0 Å². The third kappa shape index (κ3) is 3.46. The Kier molecular flexibility index (Phi) is 5.11. The third-order valence-corrected chi connectivity index (χ3v) is 4.39. The van der Waals surface area contributed by atoms with Gasteiger partial charge in [0, 0.05) is 12.1 Å². The lowest BCUT2D eigenvalue weighted by atomic mass is 10.1. The summed E-state index contributed by atoms with van der Waals surface area (Å²) in [6.07, 6.45) is 11.3. The number of likely N-dealkylation sites (tertiary alicyclic amines) is 1. The standard InChI is InChI=1S/C14H28N2/c1-2-14(16-11-5-6-12-16)9-10-15-13-7-3-4-8-13/h13-15H,2-12H2,1H3. The maximum Gasteiger partial charge on any atom is 0.0105 e. The van der Waals surface area contributed by atoms with E-state index in [1.54, 1.807) is 0 Å². The van der Waals surface area contributed by atoms with Gasteiger partial charge < -0.3 is 10.2 Å². The summed E-state index contributed by atoms with van der Waals surface area (Å²) in [4.78, 5) is 2.70. The molecule has 0 aromatic rings. The zero-order valence-corrected chi connectivity index (χ0v) is 10.9. The van der Waals surface area contributed by atoms with E-state index in [0.29, 0.717) is 0 Å². The van der Waals surface area contributed by atoms with Gasteiger partial charge >= 0.3 is 0 Å². The fourth-order valence-corrected chi connectivity index (χ4v) is 3.34. The molecule has 0 spiro atoms. The second-order valence-corrected chi connectivity index (χ2v) is 5.53. The zero-order chi connectivity index (χ0) is 11.2. The van der Waals surface area contributed by atoms with Gasteiger partial charge in [-0.25, -0.2) is 0 Å². The summed E-state index contributed by atoms with van der Waals surface area (Å²) >= 11 is 0. The molecule has 1 unspecified atom stereocenters. The van der Waals surface area contributed by atoms with Crippen molar-refractivity contribution in [2.24, 2.45) is 0 Å². The molecule has 16 heavy (non-hydrogen) atoms. The highest BCUT2D eigenvalue weighted by Crippen LogP contribution is 2.19. The Labute approximate surface area is 101 Å². The molecule has 1 saturated heterocycles. The molecule has 1 saturated carbocycles. The van der Waals surface area contributed by atoms with Crippen molar-refractivity contribution in [3.05, 3.63) is 0 Å². The number of hydrogen-bond acceptors (Lipinski definition) is 2. The van der Waals surface area contributed by atoms with Crippen molar-refractivity contribution in [3.8, 4) is 0 Å². The molecule has 1 aliphatic heterocycles. The smallest absolute Gasteiger partial charge is 0.0105 e. The molecule has 0 amide bonds. The van der Waals surface area contributed by atoms with Crippen LogP contribution < -0.4 is 5.32 Å². The van der Waals surface area contributed by atoms with Crippen LogP contribution in [0.15, 0.2) is 0 Å². The van der Waals surface area contributed by atoms with Crippen LogP contribution in [-0.4, -0.2) is 36.6 Å². The van der Waals surface area contributed by atoms with Crippen molar-refractivity contribution in [2.75, 3.05) is 19.6 Å². The second kappa shape index (κ2) is 6.61. The van der Waals surface area contributed by atoms with Crippen molar-refractivity contribution in [2.45, 2.75) is 70.4 Å². The van der Waals surface area contributed by atoms with Gasteiger partial charge in [-0.3, -0.25) is 0 Å². The zero-order valence-electron chi connectivity index (χ0n) is 10.9. The van der Waals surface area contributed by atoms with Crippen LogP contribution in [0, 0.1) is 0 Å². The monoisotopic (exact) mass is 224 g/mol. The van der Waals surface area contributed by atoms with Gasteiger partial charge in [0.25, 0.3) is 0 Å². The molecule has 1 heterocycles. The molecule has 2 heteroatoms. The molecule has 1 N–H and O–H groups in total. The lowest BCUT2D eigenvalue weighted by molar-refractivity contribution is 0.221. The fraction of sp³-hybridized carbons (Fsp3) is 1.00. The van der Waals surface area contributed by atoms with Crippen LogP contribution in [-0.2, 0) is 0 Å². The second-order valence-electron chi connectivity index (χ2n) is 5.53. The molecule has 2 rings (SSSR count). The molecular weight excluding hydrogens is 196 g/mol. The van der Waals surface area contributed by atoms with Gasteiger partial charge in [-0.1, -0.05) is 19.8 Å². The maximum absolute atomic E-state index is 3.74. The van der Waals surface area contributed by atoms with Crippen molar-refractivity contribution < 1.29 is 0 Å². The average Bonchev–Trinajstić information content (AvgIpc) is 2.96. The minimum Gasteiger partial charge on any atom is -0.314 e. The van der Waals surface area contributed by atoms with Crippen LogP contribution in [0.1, 0.15) is 58.3 Å². The van der Waals surface area contributed by atoms with E-state index in [0.717, 1.165) is 12.1 Å². The van der Waals surface area contributed by atoms with Gasteiger partial charge in [0.15, 0.2) is 0 Å². The number of nitrogens with zero attached hydrogens (tertiary/aromatic N) is 1. The van der Waals surface area contributed by atoms with Crippen LogP contribution in [0.5, 0.6) is 0 Å². The molecule has 2 nitrogen and oxygen atoms in total. The highest BCUT2D eigenvalue weighted by Gasteiger charge is 2.20. The van der Waals surface area contributed by atoms with Crippen molar-refractivity contribution in [1.29, 1.82) is 0 Å². The van der Waals surface area contributed by atoms with Gasteiger partial charge in [-0.2, -0.15) is 0 Å². The summed E-state index contributed by atoms with van der Waals surface area (Å²) in [5.41, 5.74) is 0. The summed E-state index contributed by atoms with van der Waals surface area (Å²) in [6, 6.07) is 1.69. The first-order valence-electron chi connectivity index (χ1n) is 7.37. The lowest BCUT2D eigenvalue weighted by Crippen LogP contribution is -2.36. The van der Waals surface area contributed by atoms with Crippen molar-refractivity contribution >= 4 is 0 Å². The van der Waals surface area contributed by atoms with E-state index in [9.17, 15) is 0 Å². The summed E-state index contributed by atoms with van der Waals surface area (Å²) in [5, 5.41) is 3.74. The quantitative estimate of drug-likeness (QED) is 0.746. The molecular formula is C14H28N2. The summed E-state index contributed by atoms with van der Waals surface area (Å²) < 4.78 is 0. The Morgan fingerprint density at radius 3 is 2.44 bits per heavy atom. The largest absolute Gasteiger partial charge is 0.314 e. The van der Waals surface area contributed by atoms with Crippen molar-refractivity contribution in [1.82, 2.24) is 10.2 Å². The van der Waals surface area contributed by atoms with Crippen LogP contribution >= 0.6 is 0 Å². The molecule has 1 aliphatic carbocycles. The van der Waals surface area contributed by atoms with Crippen LogP contribution in [0.3, 0.4) is 0 Å². The Morgan fingerprint density at radius 1 is 1.12 bits per heavy atom. The van der Waals surface area contributed by atoms with E-state index in [1.807, 2.05) is 0 Å². The first kappa shape index (κ1) is 12.4. The SMILES string of the molecule is CCC(CCNC1CCCC1)N1CCCC1. The molecule has 0 aromatic carbocycles. The van der Waals surface area contributed by atoms with Gasteiger partial charge in [-0.15, -0.1) is 0 Å². The van der Waals surface area contributed by atoms with Gasteiger partial charge in [-0.05, 0) is 58.2 Å². The molecule has 0 radical (unpaired) electrons. The predicted octanol–water partition coefficient (Wildman–Crippen LogP) is 2.78. The third-order valence-electron chi connectivity index (χ3n) is 4.39. The molecule has 94 valence electrons. The minimum absolute atomic E-state index is 0.844. The van der Waals surface area contributed by atoms with E-state index in [1.165, 1.54) is 71.0 Å². The van der Waals surface area contributed by atoms with E-state index in [4.69, 9.17) is 0 Å². The first-order valence-corrected chi connectivity index (χ1v) is 7.37. The van der Waals surface area contributed by atoms with Gasteiger partial charge in [0.1, 0.15) is 0 Å². The van der Waals surface area contributed by atoms with E-state index in [2.05, 4.69) is 17.1 Å². The highest BCUT2D eigenvalue weighted by atomic mass is 15.2. The topological polar surface area (TPSA) is 15.3 Å². The van der Waals surface area contributed by atoms with Gasteiger partial charge in [0.05, 0.1) is 0 Å². The maximum atomic E-state index is 3.74. The highest BCUT2D eigenvalue weighted by molar-refractivity contribution is 4.78. The Balaban J connectivity index is 1.62. The molecule has 1 atom stereocenters. The normalized spacial score (nSPS) is 25.3. The van der Waals surface area contributed by atoms with Crippen LogP contribution in [0.4, 0.5) is 0 Å². The summed E-state index contributed by atoms with van der Waals surface area (Å²) in [7, 11) is 0. The Hall–Kier alpha value is -0.0800. The number of nitrogens with one attached hydrogen (secondary N) is 1. The Morgan fingerprint density at radius 2 is 1.81 bits per heavy atom. The predicted molar refractivity (Wildman–Crippen MR) is 69.8 cm³/mol. The van der Waals surface area contributed by atoms with Crippen LogP contribution in [0.2, 0.25) is 0 Å².